The molecule has 0 unspecified atom stereocenters. The first-order valence-electron chi connectivity index (χ1n) is 6.48. The van der Waals surface area contributed by atoms with Gasteiger partial charge in [-0.25, -0.2) is 13.1 Å². The van der Waals surface area contributed by atoms with Gasteiger partial charge in [0.25, 0.3) is 15.9 Å². The normalized spacial score (nSPS) is 10.9. The second-order valence-corrected chi connectivity index (χ2v) is 6.77. The Balaban J connectivity index is 2.12. The molecule has 0 aliphatic heterocycles. The SMILES string of the molecule is CC(=O)NS(=O)(=O)c1ccc(NC(=O)c2ccc(Cl)cc2)cc1. The molecule has 2 rings (SSSR count). The summed E-state index contributed by atoms with van der Waals surface area (Å²) in [6.45, 7) is 1.11. The molecule has 0 aliphatic rings. The summed E-state index contributed by atoms with van der Waals surface area (Å²) >= 11 is 5.75. The molecule has 120 valence electrons. The van der Waals surface area contributed by atoms with Crippen molar-refractivity contribution in [3.63, 3.8) is 0 Å². The highest BCUT2D eigenvalue weighted by Crippen LogP contribution is 2.16. The first-order valence-corrected chi connectivity index (χ1v) is 8.34. The summed E-state index contributed by atoms with van der Waals surface area (Å²) < 4.78 is 25.5. The Morgan fingerprint density at radius 2 is 1.52 bits per heavy atom. The molecule has 0 aromatic heterocycles. The molecule has 0 saturated heterocycles. The lowest BCUT2D eigenvalue weighted by Gasteiger charge is -2.08. The number of rotatable bonds is 4. The van der Waals surface area contributed by atoms with Crippen LogP contribution >= 0.6 is 11.6 Å². The van der Waals surface area contributed by atoms with Gasteiger partial charge >= 0.3 is 0 Å². The molecule has 0 heterocycles. The summed E-state index contributed by atoms with van der Waals surface area (Å²) in [4.78, 5) is 22.8. The van der Waals surface area contributed by atoms with E-state index in [9.17, 15) is 18.0 Å². The predicted molar refractivity (Wildman–Crippen MR) is 86.8 cm³/mol. The van der Waals surface area contributed by atoms with Crippen LogP contribution < -0.4 is 10.0 Å². The molecule has 2 aromatic rings. The van der Waals surface area contributed by atoms with Crippen molar-refractivity contribution in [2.24, 2.45) is 0 Å². The Bertz CT molecular complexity index is 831. The Morgan fingerprint density at radius 1 is 0.957 bits per heavy atom. The van der Waals surface area contributed by atoms with Crippen LogP contribution in [0.15, 0.2) is 53.4 Å². The molecule has 0 spiro atoms. The van der Waals surface area contributed by atoms with Crippen LogP contribution in [0, 0.1) is 0 Å². The quantitative estimate of drug-likeness (QED) is 0.883. The van der Waals surface area contributed by atoms with Crippen molar-refractivity contribution in [1.29, 1.82) is 0 Å². The van der Waals surface area contributed by atoms with Crippen LogP contribution in [0.1, 0.15) is 17.3 Å². The predicted octanol–water partition coefficient (Wildman–Crippen LogP) is 2.42. The van der Waals surface area contributed by atoms with E-state index in [1.54, 1.807) is 24.3 Å². The highest BCUT2D eigenvalue weighted by molar-refractivity contribution is 7.90. The van der Waals surface area contributed by atoms with Crippen LogP contribution in [0.5, 0.6) is 0 Å². The van der Waals surface area contributed by atoms with Gasteiger partial charge in [0.05, 0.1) is 4.90 Å². The number of hydrogen-bond acceptors (Lipinski definition) is 4. The molecule has 2 aromatic carbocycles. The maximum absolute atomic E-state index is 12.0. The van der Waals surface area contributed by atoms with Crippen molar-refractivity contribution >= 4 is 39.1 Å². The average molecular weight is 353 g/mol. The highest BCUT2D eigenvalue weighted by atomic mass is 35.5. The zero-order chi connectivity index (χ0) is 17.0. The zero-order valence-electron chi connectivity index (χ0n) is 12.0. The monoisotopic (exact) mass is 352 g/mol. The average Bonchev–Trinajstić information content (AvgIpc) is 2.47. The Labute approximate surface area is 138 Å². The highest BCUT2D eigenvalue weighted by Gasteiger charge is 2.15. The van der Waals surface area contributed by atoms with Gasteiger partial charge in [-0.05, 0) is 48.5 Å². The lowest BCUT2D eigenvalue weighted by Crippen LogP contribution is -2.28. The number of sulfonamides is 1. The van der Waals surface area contributed by atoms with Crippen LogP contribution in [-0.2, 0) is 14.8 Å². The van der Waals surface area contributed by atoms with E-state index in [0.717, 1.165) is 6.92 Å². The topological polar surface area (TPSA) is 92.3 Å². The number of benzene rings is 2. The third-order valence-corrected chi connectivity index (χ3v) is 4.51. The molecule has 23 heavy (non-hydrogen) atoms. The number of hydrogen-bond donors (Lipinski definition) is 2. The van der Waals surface area contributed by atoms with E-state index in [4.69, 9.17) is 11.6 Å². The van der Waals surface area contributed by atoms with E-state index in [1.165, 1.54) is 24.3 Å². The van der Waals surface area contributed by atoms with Gasteiger partial charge in [0.2, 0.25) is 5.91 Å². The molecule has 0 atom stereocenters. The summed E-state index contributed by atoms with van der Waals surface area (Å²) in [5, 5.41) is 3.16. The number of carbonyl (C=O) groups is 2. The summed E-state index contributed by atoms with van der Waals surface area (Å²) in [6.07, 6.45) is 0. The molecule has 0 radical (unpaired) electrons. The molecule has 2 N–H and O–H groups in total. The van der Waals surface area contributed by atoms with Crippen LogP contribution in [-0.4, -0.2) is 20.2 Å². The van der Waals surface area contributed by atoms with Crippen molar-refractivity contribution < 1.29 is 18.0 Å². The third kappa shape index (κ3) is 4.54. The fourth-order valence-corrected chi connectivity index (χ4v) is 2.89. The first kappa shape index (κ1) is 17.0. The zero-order valence-corrected chi connectivity index (χ0v) is 13.6. The van der Waals surface area contributed by atoms with E-state index in [0.29, 0.717) is 16.3 Å². The van der Waals surface area contributed by atoms with E-state index in [2.05, 4.69) is 5.32 Å². The first-order chi connectivity index (χ1) is 10.8. The van der Waals surface area contributed by atoms with Gasteiger partial charge in [0.1, 0.15) is 0 Å². The maximum atomic E-state index is 12.0. The summed E-state index contributed by atoms with van der Waals surface area (Å²) in [5.41, 5.74) is 0.844. The fourth-order valence-electron chi connectivity index (χ4n) is 1.77. The molecule has 2 amide bonds. The number of amides is 2. The number of nitrogens with one attached hydrogen (secondary N) is 2. The van der Waals surface area contributed by atoms with Crippen molar-refractivity contribution in [2.75, 3.05) is 5.32 Å². The van der Waals surface area contributed by atoms with Gasteiger partial charge < -0.3 is 5.32 Å². The van der Waals surface area contributed by atoms with Crippen molar-refractivity contribution in [3.8, 4) is 0 Å². The van der Waals surface area contributed by atoms with Crippen molar-refractivity contribution in [3.05, 3.63) is 59.1 Å². The van der Waals surface area contributed by atoms with E-state index in [1.807, 2.05) is 4.72 Å². The second-order valence-electron chi connectivity index (χ2n) is 4.65. The smallest absolute Gasteiger partial charge is 0.264 e. The van der Waals surface area contributed by atoms with Crippen LogP contribution in [0.25, 0.3) is 0 Å². The lowest BCUT2D eigenvalue weighted by atomic mass is 10.2. The fraction of sp³-hybridized carbons (Fsp3) is 0.0667. The molecule has 6 nitrogen and oxygen atoms in total. The summed E-state index contributed by atoms with van der Waals surface area (Å²) in [5.74, 6) is -1.02. The summed E-state index contributed by atoms with van der Waals surface area (Å²) in [6, 6.07) is 11.8. The minimum atomic E-state index is -3.89. The van der Waals surface area contributed by atoms with Gasteiger partial charge in [-0.1, -0.05) is 11.6 Å². The molecule has 0 fully saturated rings. The van der Waals surface area contributed by atoms with Crippen LogP contribution in [0.2, 0.25) is 5.02 Å². The molecular weight excluding hydrogens is 340 g/mol. The Morgan fingerprint density at radius 3 is 2.04 bits per heavy atom. The Hall–Kier alpha value is -2.38. The van der Waals surface area contributed by atoms with E-state index in [-0.39, 0.29) is 10.8 Å². The van der Waals surface area contributed by atoms with E-state index < -0.39 is 15.9 Å². The van der Waals surface area contributed by atoms with Gasteiger partial charge in [0, 0.05) is 23.2 Å². The van der Waals surface area contributed by atoms with Crippen LogP contribution in [0.3, 0.4) is 0 Å². The summed E-state index contributed by atoms with van der Waals surface area (Å²) in [7, 11) is -3.89. The van der Waals surface area contributed by atoms with Crippen molar-refractivity contribution in [1.82, 2.24) is 4.72 Å². The standard InChI is InChI=1S/C15H13ClN2O4S/c1-10(19)18-23(21,22)14-8-6-13(7-9-14)17-15(20)11-2-4-12(16)5-3-11/h2-9H,1H3,(H,17,20)(H,18,19). The van der Waals surface area contributed by atoms with Gasteiger partial charge in [0.15, 0.2) is 0 Å². The molecule has 0 bridgehead atoms. The van der Waals surface area contributed by atoms with Gasteiger partial charge in [-0.3, -0.25) is 9.59 Å². The van der Waals surface area contributed by atoms with Gasteiger partial charge in [-0.2, -0.15) is 0 Å². The van der Waals surface area contributed by atoms with E-state index >= 15 is 0 Å². The number of halogens is 1. The molecule has 0 aliphatic carbocycles. The maximum Gasteiger partial charge on any atom is 0.264 e. The van der Waals surface area contributed by atoms with Crippen molar-refractivity contribution in [2.45, 2.75) is 11.8 Å². The van der Waals surface area contributed by atoms with Gasteiger partial charge in [-0.15, -0.1) is 0 Å². The Kier molecular flexibility index (Phi) is 5.02. The molecule has 8 heteroatoms. The number of carbonyl (C=O) groups excluding carboxylic acids is 2. The molecule has 0 saturated carbocycles. The van der Waals surface area contributed by atoms with Crippen LogP contribution in [0.4, 0.5) is 5.69 Å². The molecular formula is C15H13ClN2O4S. The third-order valence-electron chi connectivity index (χ3n) is 2.81. The second kappa shape index (κ2) is 6.80. The largest absolute Gasteiger partial charge is 0.322 e. The minimum absolute atomic E-state index is 0.0720. The minimum Gasteiger partial charge on any atom is -0.322 e. The lowest BCUT2D eigenvalue weighted by molar-refractivity contribution is -0.117. The number of anilines is 1.